The molecule has 1 unspecified atom stereocenters. The molecule has 0 bridgehead atoms. The van der Waals surface area contributed by atoms with Gasteiger partial charge in [0.1, 0.15) is 0 Å². The molecule has 0 spiro atoms. The number of rotatable bonds is 3. The minimum Gasteiger partial charge on any atom is -0.293 e. The number of hydrogen-bond acceptors (Lipinski definition) is 2. The van der Waals surface area contributed by atoms with E-state index in [1.807, 2.05) is 6.07 Å². The van der Waals surface area contributed by atoms with E-state index in [-0.39, 0.29) is 11.3 Å². The monoisotopic (exact) mass is 250 g/mol. The minimum absolute atomic E-state index is 0.186. The van der Waals surface area contributed by atoms with Crippen LogP contribution in [0.15, 0.2) is 12.1 Å². The molecule has 0 aliphatic heterocycles. The second kappa shape index (κ2) is 4.93. The van der Waals surface area contributed by atoms with Crippen molar-refractivity contribution in [3.63, 3.8) is 0 Å². The number of carbonyl (C=O) groups is 1. The van der Waals surface area contributed by atoms with Crippen LogP contribution in [0.4, 0.5) is 0 Å². The lowest BCUT2D eigenvalue weighted by atomic mass is 9.67. The summed E-state index contributed by atoms with van der Waals surface area (Å²) in [7, 11) is 0. The molecule has 17 heavy (non-hydrogen) atoms. The van der Waals surface area contributed by atoms with Gasteiger partial charge in [-0.2, -0.15) is 0 Å². The minimum atomic E-state index is 0.186. The maximum absolute atomic E-state index is 12.6. The van der Waals surface area contributed by atoms with Crippen LogP contribution >= 0.6 is 11.3 Å². The van der Waals surface area contributed by atoms with Gasteiger partial charge < -0.3 is 0 Å². The maximum atomic E-state index is 12.6. The van der Waals surface area contributed by atoms with Gasteiger partial charge in [0.05, 0.1) is 4.88 Å². The van der Waals surface area contributed by atoms with Crippen LogP contribution in [0.1, 0.15) is 61.0 Å². The van der Waals surface area contributed by atoms with E-state index in [0.717, 1.165) is 17.7 Å². The van der Waals surface area contributed by atoms with Crippen LogP contribution in [0, 0.1) is 11.3 Å². The zero-order chi connectivity index (χ0) is 12.5. The lowest BCUT2D eigenvalue weighted by Crippen LogP contribution is -2.33. The normalized spacial score (nSPS) is 23.6. The summed E-state index contributed by atoms with van der Waals surface area (Å²) in [5.74, 6) is 0.624. The van der Waals surface area contributed by atoms with Gasteiger partial charge in [-0.25, -0.2) is 0 Å². The Morgan fingerprint density at radius 1 is 1.41 bits per heavy atom. The molecule has 0 amide bonds. The number of thiophene rings is 1. The smallest absolute Gasteiger partial charge is 0.176 e. The molecule has 0 N–H and O–H groups in total. The Morgan fingerprint density at radius 3 is 2.76 bits per heavy atom. The van der Waals surface area contributed by atoms with Crippen molar-refractivity contribution in [3.8, 4) is 0 Å². The summed E-state index contributed by atoms with van der Waals surface area (Å²) in [5, 5.41) is 0. The van der Waals surface area contributed by atoms with E-state index < -0.39 is 0 Å². The van der Waals surface area contributed by atoms with Crippen LogP contribution in [0.3, 0.4) is 0 Å². The van der Waals surface area contributed by atoms with Crippen LogP contribution in [0.5, 0.6) is 0 Å². The third-order valence-corrected chi connectivity index (χ3v) is 5.32. The standard InChI is InChI=1S/C15H22OS/c1-4-11-8-9-13(17-11)14(16)12-7-5-6-10-15(12,2)3/h8-9,12H,4-7,10H2,1-3H3. The predicted octanol–water partition coefficient (Wildman–Crippen LogP) is 4.71. The first kappa shape index (κ1) is 12.8. The number of ketones is 1. The Hall–Kier alpha value is -0.630. The summed E-state index contributed by atoms with van der Waals surface area (Å²) in [4.78, 5) is 14.9. The van der Waals surface area contributed by atoms with Gasteiger partial charge in [-0.15, -0.1) is 11.3 Å². The fourth-order valence-corrected chi connectivity index (χ4v) is 3.79. The average molecular weight is 250 g/mol. The zero-order valence-corrected chi connectivity index (χ0v) is 11.9. The molecule has 1 aliphatic carbocycles. The average Bonchev–Trinajstić information content (AvgIpc) is 2.76. The van der Waals surface area contributed by atoms with E-state index >= 15 is 0 Å². The Bertz CT molecular complexity index is 403. The topological polar surface area (TPSA) is 17.1 Å². The molecule has 94 valence electrons. The van der Waals surface area contributed by atoms with Gasteiger partial charge in [-0.1, -0.05) is 33.6 Å². The van der Waals surface area contributed by atoms with Crippen molar-refractivity contribution in [2.75, 3.05) is 0 Å². The molecule has 0 radical (unpaired) electrons. The van der Waals surface area contributed by atoms with E-state index in [0.29, 0.717) is 5.78 Å². The number of Topliss-reactive ketones (excluding diaryl/α,β-unsaturated/α-hetero) is 1. The fraction of sp³-hybridized carbons (Fsp3) is 0.667. The number of hydrogen-bond donors (Lipinski definition) is 0. The lowest BCUT2D eigenvalue weighted by molar-refractivity contribution is 0.0702. The molecule has 1 nitrogen and oxygen atoms in total. The van der Waals surface area contributed by atoms with E-state index in [1.54, 1.807) is 11.3 Å². The molecular weight excluding hydrogens is 228 g/mol. The summed E-state index contributed by atoms with van der Waals surface area (Å²) in [5.41, 5.74) is 0.186. The second-order valence-corrected chi connectivity index (χ2v) is 6.94. The van der Waals surface area contributed by atoms with Gasteiger partial charge in [0.25, 0.3) is 0 Å². The molecule has 1 aromatic rings. The first-order chi connectivity index (χ1) is 8.04. The van der Waals surface area contributed by atoms with Gasteiger partial charge in [0.2, 0.25) is 0 Å². The summed E-state index contributed by atoms with van der Waals surface area (Å²) in [6.07, 6.45) is 5.79. The summed E-state index contributed by atoms with van der Waals surface area (Å²) < 4.78 is 0. The number of carbonyl (C=O) groups excluding carboxylic acids is 1. The first-order valence-electron chi connectivity index (χ1n) is 6.67. The van der Waals surface area contributed by atoms with Crippen LogP contribution in [-0.2, 0) is 6.42 Å². The van der Waals surface area contributed by atoms with Crippen molar-refractivity contribution in [2.24, 2.45) is 11.3 Å². The molecule has 1 heterocycles. The van der Waals surface area contributed by atoms with Crippen molar-refractivity contribution < 1.29 is 4.79 Å². The molecule has 1 atom stereocenters. The van der Waals surface area contributed by atoms with E-state index in [2.05, 4.69) is 26.8 Å². The zero-order valence-electron chi connectivity index (χ0n) is 11.1. The quantitative estimate of drug-likeness (QED) is 0.710. The van der Waals surface area contributed by atoms with Crippen molar-refractivity contribution in [2.45, 2.75) is 52.9 Å². The molecule has 0 aromatic carbocycles. The molecular formula is C15H22OS. The van der Waals surface area contributed by atoms with Crippen LogP contribution in [-0.4, -0.2) is 5.78 Å². The molecule has 2 rings (SSSR count). The van der Waals surface area contributed by atoms with E-state index in [1.165, 1.54) is 24.1 Å². The van der Waals surface area contributed by atoms with Crippen molar-refractivity contribution in [1.29, 1.82) is 0 Å². The first-order valence-corrected chi connectivity index (χ1v) is 7.49. The van der Waals surface area contributed by atoms with Crippen LogP contribution < -0.4 is 0 Å². The predicted molar refractivity (Wildman–Crippen MR) is 73.8 cm³/mol. The molecule has 0 saturated heterocycles. The highest BCUT2D eigenvalue weighted by Crippen LogP contribution is 2.42. The van der Waals surface area contributed by atoms with Gasteiger partial charge in [-0.05, 0) is 36.8 Å². The fourth-order valence-electron chi connectivity index (χ4n) is 2.85. The highest BCUT2D eigenvalue weighted by molar-refractivity contribution is 7.14. The summed E-state index contributed by atoms with van der Waals surface area (Å²) >= 11 is 1.69. The lowest BCUT2D eigenvalue weighted by Gasteiger charge is -2.37. The molecule has 1 fully saturated rings. The third-order valence-electron chi connectivity index (χ3n) is 4.08. The van der Waals surface area contributed by atoms with E-state index in [4.69, 9.17) is 0 Å². The van der Waals surface area contributed by atoms with Crippen molar-refractivity contribution in [1.82, 2.24) is 0 Å². The van der Waals surface area contributed by atoms with Crippen molar-refractivity contribution in [3.05, 3.63) is 21.9 Å². The molecule has 2 heteroatoms. The Kier molecular flexibility index (Phi) is 3.72. The van der Waals surface area contributed by atoms with Crippen LogP contribution in [0.25, 0.3) is 0 Å². The van der Waals surface area contributed by atoms with Gasteiger partial charge in [-0.3, -0.25) is 4.79 Å². The van der Waals surface area contributed by atoms with Crippen LogP contribution in [0.2, 0.25) is 0 Å². The maximum Gasteiger partial charge on any atom is 0.176 e. The van der Waals surface area contributed by atoms with Crippen molar-refractivity contribution >= 4 is 17.1 Å². The Labute approximate surface area is 108 Å². The highest BCUT2D eigenvalue weighted by atomic mass is 32.1. The largest absolute Gasteiger partial charge is 0.293 e. The SMILES string of the molecule is CCc1ccc(C(=O)C2CCCCC2(C)C)s1. The van der Waals surface area contributed by atoms with Gasteiger partial charge >= 0.3 is 0 Å². The Morgan fingerprint density at radius 2 is 2.18 bits per heavy atom. The Balaban J connectivity index is 2.18. The van der Waals surface area contributed by atoms with E-state index in [9.17, 15) is 4.79 Å². The van der Waals surface area contributed by atoms with Gasteiger partial charge in [0, 0.05) is 10.8 Å². The summed E-state index contributed by atoms with van der Waals surface area (Å²) in [6.45, 7) is 6.65. The van der Waals surface area contributed by atoms with Gasteiger partial charge in [0.15, 0.2) is 5.78 Å². The second-order valence-electron chi connectivity index (χ2n) is 5.77. The summed E-state index contributed by atoms with van der Waals surface area (Å²) in [6, 6.07) is 4.13. The molecule has 1 saturated carbocycles. The highest BCUT2D eigenvalue weighted by Gasteiger charge is 2.37. The third kappa shape index (κ3) is 2.62. The number of aryl methyl sites for hydroxylation is 1. The molecule has 1 aliphatic rings. The molecule has 1 aromatic heterocycles.